The van der Waals surface area contributed by atoms with Crippen molar-refractivity contribution in [2.24, 2.45) is 0 Å². The third kappa shape index (κ3) is 4.74. The van der Waals surface area contributed by atoms with E-state index in [1.165, 1.54) is 12.1 Å². The van der Waals surface area contributed by atoms with E-state index in [9.17, 15) is 18.0 Å². The molecule has 0 bridgehead atoms. The molecule has 2 heterocycles. The lowest BCUT2D eigenvalue weighted by molar-refractivity contribution is -0.137. The summed E-state index contributed by atoms with van der Waals surface area (Å²) in [6.45, 7) is 2.29. The molecule has 0 aliphatic carbocycles. The van der Waals surface area contributed by atoms with Crippen LogP contribution in [0.1, 0.15) is 29.5 Å². The number of carbonyl (C=O) groups is 1. The maximum atomic E-state index is 12.7. The van der Waals surface area contributed by atoms with Crippen LogP contribution in [0.15, 0.2) is 42.6 Å². The summed E-state index contributed by atoms with van der Waals surface area (Å²) < 4.78 is 38.2. The van der Waals surface area contributed by atoms with Crippen LogP contribution in [0.25, 0.3) is 0 Å². The van der Waals surface area contributed by atoms with Crippen molar-refractivity contribution in [1.29, 1.82) is 0 Å². The van der Waals surface area contributed by atoms with E-state index >= 15 is 0 Å². The van der Waals surface area contributed by atoms with E-state index in [2.05, 4.69) is 15.2 Å². The number of pyridine rings is 1. The van der Waals surface area contributed by atoms with E-state index in [-0.39, 0.29) is 12.3 Å². The maximum absolute atomic E-state index is 12.7. The molecule has 1 aromatic carbocycles. The molecule has 7 heteroatoms. The van der Waals surface area contributed by atoms with Crippen molar-refractivity contribution in [3.8, 4) is 0 Å². The molecule has 1 aliphatic heterocycles. The summed E-state index contributed by atoms with van der Waals surface area (Å²) in [5.41, 5.74) is 0.510. The van der Waals surface area contributed by atoms with E-state index in [0.717, 1.165) is 49.4 Å². The van der Waals surface area contributed by atoms with E-state index < -0.39 is 11.7 Å². The molecule has 1 aliphatic rings. The number of carbonyl (C=O) groups excluding carboxylic acids is 1. The second-order valence-corrected chi connectivity index (χ2v) is 6.37. The molecule has 1 amide bonds. The predicted octanol–water partition coefficient (Wildman–Crippen LogP) is 3.56. The van der Waals surface area contributed by atoms with Gasteiger partial charge in [0.1, 0.15) is 5.82 Å². The molecule has 0 atom stereocenters. The Labute approximate surface area is 150 Å². The van der Waals surface area contributed by atoms with Crippen LogP contribution >= 0.6 is 0 Å². The molecule has 2 aromatic rings. The Morgan fingerprint density at radius 3 is 2.62 bits per heavy atom. The van der Waals surface area contributed by atoms with Gasteiger partial charge in [0.15, 0.2) is 0 Å². The first kappa shape index (κ1) is 18.2. The highest BCUT2D eigenvalue weighted by molar-refractivity contribution is 5.78. The predicted molar refractivity (Wildman–Crippen MR) is 92.7 cm³/mol. The fourth-order valence-electron chi connectivity index (χ4n) is 3.00. The number of nitrogens with zero attached hydrogens (tertiary/aromatic N) is 2. The molecule has 4 nitrogen and oxygen atoms in total. The highest BCUT2D eigenvalue weighted by atomic mass is 19.4. The zero-order chi connectivity index (χ0) is 18.6. The SMILES string of the molecule is O=C(Cc1cccc(C(F)(F)F)c1)NCc1ccnc(N2CCCC2)c1. The Bertz CT molecular complexity index is 771. The number of benzene rings is 1. The summed E-state index contributed by atoms with van der Waals surface area (Å²) in [6, 6.07) is 8.61. The van der Waals surface area contributed by atoms with Crippen molar-refractivity contribution in [2.75, 3.05) is 18.0 Å². The Morgan fingerprint density at radius 1 is 1.12 bits per heavy atom. The van der Waals surface area contributed by atoms with Gasteiger partial charge in [0.2, 0.25) is 5.91 Å². The van der Waals surface area contributed by atoms with Crippen molar-refractivity contribution >= 4 is 11.7 Å². The van der Waals surface area contributed by atoms with Crippen molar-refractivity contribution in [2.45, 2.75) is 32.0 Å². The summed E-state index contributed by atoms with van der Waals surface area (Å²) in [5, 5.41) is 2.76. The van der Waals surface area contributed by atoms with Gasteiger partial charge in [-0.3, -0.25) is 4.79 Å². The van der Waals surface area contributed by atoms with Crippen molar-refractivity contribution in [3.63, 3.8) is 0 Å². The van der Waals surface area contributed by atoms with E-state index in [0.29, 0.717) is 12.1 Å². The number of alkyl halides is 3. The number of aromatic nitrogens is 1. The van der Waals surface area contributed by atoms with Gasteiger partial charge in [-0.2, -0.15) is 13.2 Å². The fourth-order valence-corrected chi connectivity index (χ4v) is 3.00. The molecule has 1 saturated heterocycles. The first-order chi connectivity index (χ1) is 12.4. The van der Waals surface area contributed by atoms with E-state index in [4.69, 9.17) is 0 Å². The monoisotopic (exact) mass is 363 g/mol. The van der Waals surface area contributed by atoms with Crippen LogP contribution in [-0.2, 0) is 23.9 Å². The van der Waals surface area contributed by atoms with Gasteiger partial charge in [-0.05, 0) is 42.2 Å². The normalized spacial score (nSPS) is 14.5. The number of halogens is 3. The number of anilines is 1. The molecule has 0 radical (unpaired) electrons. The molecule has 0 saturated carbocycles. The third-order valence-electron chi connectivity index (χ3n) is 4.35. The molecule has 3 rings (SSSR count). The summed E-state index contributed by atoms with van der Waals surface area (Å²) in [5.74, 6) is 0.580. The lowest BCUT2D eigenvalue weighted by Crippen LogP contribution is -2.25. The molecule has 0 spiro atoms. The molecule has 26 heavy (non-hydrogen) atoms. The first-order valence-corrected chi connectivity index (χ1v) is 8.54. The number of nitrogens with one attached hydrogen (secondary N) is 1. The largest absolute Gasteiger partial charge is 0.416 e. The Morgan fingerprint density at radius 2 is 1.88 bits per heavy atom. The minimum atomic E-state index is -4.41. The van der Waals surface area contributed by atoms with Crippen molar-refractivity contribution in [3.05, 3.63) is 59.3 Å². The number of rotatable bonds is 5. The van der Waals surface area contributed by atoms with Crippen LogP contribution in [0.3, 0.4) is 0 Å². The van der Waals surface area contributed by atoms with E-state index in [1.54, 1.807) is 6.20 Å². The molecule has 1 N–H and O–H groups in total. The first-order valence-electron chi connectivity index (χ1n) is 8.54. The Kier molecular flexibility index (Phi) is 5.44. The van der Waals surface area contributed by atoms with Crippen LogP contribution in [-0.4, -0.2) is 24.0 Å². The van der Waals surface area contributed by atoms with Gasteiger partial charge >= 0.3 is 6.18 Å². The average Bonchev–Trinajstić information content (AvgIpc) is 3.14. The Hall–Kier alpha value is -2.57. The molecule has 1 aromatic heterocycles. The average molecular weight is 363 g/mol. The number of hydrogen-bond acceptors (Lipinski definition) is 3. The summed E-state index contributed by atoms with van der Waals surface area (Å²) >= 11 is 0. The van der Waals surface area contributed by atoms with Gasteiger partial charge in [-0.25, -0.2) is 4.98 Å². The van der Waals surface area contributed by atoms with Crippen LogP contribution in [0.5, 0.6) is 0 Å². The number of amides is 1. The second-order valence-electron chi connectivity index (χ2n) is 6.37. The van der Waals surface area contributed by atoms with Gasteiger partial charge in [-0.15, -0.1) is 0 Å². The maximum Gasteiger partial charge on any atom is 0.416 e. The van der Waals surface area contributed by atoms with Crippen LogP contribution < -0.4 is 10.2 Å². The summed E-state index contributed by atoms with van der Waals surface area (Å²) in [7, 11) is 0. The minimum Gasteiger partial charge on any atom is -0.357 e. The molecule has 1 fully saturated rings. The van der Waals surface area contributed by atoms with Gasteiger partial charge in [0.25, 0.3) is 0 Å². The second kappa shape index (κ2) is 7.76. The lowest BCUT2D eigenvalue weighted by Gasteiger charge is -2.17. The highest BCUT2D eigenvalue weighted by Gasteiger charge is 2.30. The van der Waals surface area contributed by atoms with Crippen LogP contribution in [0.2, 0.25) is 0 Å². The minimum absolute atomic E-state index is 0.0893. The highest BCUT2D eigenvalue weighted by Crippen LogP contribution is 2.29. The molecule has 138 valence electrons. The van der Waals surface area contributed by atoms with Crippen LogP contribution in [0.4, 0.5) is 19.0 Å². The zero-order valence-corrected chi connectivity index (χ0v) is 14.2. The van der Waals surface area contributed by atoms with Gasteiger partial charge < -0.3 is 10.2 Å². The van der Waals surface area contributed by atoms with Gasteiger partial charge in [-0.1, -0.05) is 18.2 Å². The van der Waals surface area contributed by atoms with Gasteiger partial charge in [0, 0.05) is 25.8 Å². The number of hydrogen-bond donors (Lipinski definition) is 1. The molecule has 0 unspecified atom stereocenters. The fraction of sp³-hybridized carbons (Fsp3) is 0.368. The van der Waals surface area contributed by atoms with Crippen LogP contribution in [0, 0.1) is 0 Å². The third-order valence-corrected chi connectivity index (χ3v) is 4.35. The summed E-state index contributed by atoms with van der Waals surface area (Å²) in [4.78, 5) is 18.6. The smallest absolute Gasteiger partial charge is 0.357 e. The Balaban J connectivity index is 1.57. The topological polar surface area (TPSA) is 45.2 Å². The van der Waals surface area contributed by atoms with Gasteiger partial charge in [0.05, 0.1) is 12.0 Å². The molecular formula is C19H20F3N3O. The zero-order valence-electron chi connectivity index (χ0n) is 14.2. The molecular weight excluding hydrogens is 343 g/mol. The standard InChI is InChI=1S/C19H20F3N3O/c20-19(21,22)16-5-3-4-14(10-16)12-18(26)24-13-15-6-7-23-17(11-15)25-8-1-2-9-25/h3-7,10-11H,1-2,8-9,12-13H2,(H,24,26). The summed E-state index contributed by atoms with van der Waals surface area (Å²) in [6.07, 6.45) is -0.481. The van der Waals surface area contributed by atoms with Crippen molar-refractivity contribution in [1.82, 2.24) is 10.3 Å². The van der Waals surface area contributed by atoms with Crippen molar-refractivity contribution < 1.29 is 18.0 Å². The lowest BCUT2D eigenvalue weighted by atomic mass is 10.1. The van der Waals surface area contributed by atoms with E-state index in [1.807, 2.05) is 12.1 Å². The quantitative estimate of drug-likeness (QED) is 0.884.